The van der Waals surface area contributed by atoms with Gasteiger partial charge in [0.2, 0.25) is 0 Å². The molecule has 0 aliphatic carbocycles. The SMILES string of the molecule is O=S1(=O)CCN(c2ccc(-c3cc4nccnc4c(NCC4CNCCO4)n3)cc2)CC1. The minimum atomic E-state index is -2.90. The van der Waals surface area contributed by atoms with Gasteiger partial charge in [-0.2, -0.15) is 0 Å². The molecule has 3 aromatic rings. The molecule has 4 heterocycles. The third-order valence-electron chi connectivity index (χ3n) is 5.83. The highest BCUT2D eigenvalue weighted by Gasteiger charge is 2.22. The molecule has 2 aliphatic heterocycles. The molecule has 10 heteroatoms. The van der Waals surface area contributed by atoms with Gasteiger partial charge < -0.3 is 20.3 Å². The van der Waals surface area contributed by atoms with Crippen LogP contribution in [0.2, 0.25) is 0 Å². The number of benzene rings is 1. The Kier molecular flexibility index (Phi) is 5.90. The normalized spacial score (nSPS) is 20.9. The molecule has 1 aromatic carbocycles. The van der Waals surface area contributed by atoms with Crippen molar-refractivity contribution < 1.29 is 13.2 Å². The molecule has 0 bridgehead atoms. The average Bonchev–Trinajstić information content (AvgIpc) is 2.83. The number of anilines is 2. The summed E-state index contributed by atoms with van der Waals surface area (Å²) in [4.78, 5) is 15.9. The molecule has 1 atom stereocenters. The van der Waals surface area contributed by atoms with E-state index in [2.05, 4.69) is 25.5 Å². The predicted octanol–water partition coefficient (Wildman–Crippen LogP) is 1.33. The molecule has 0 spiro atoms. The van der Waals surface area contributed by atoms with Crippen LogP contribution in [-0.4, -0.2) is 80.3 Å². The number of nitrogens with zero attached hydrogens (tertiary/aromatic N) is 4. The fraction of sp³-hybridized carbons (Fsp3) is 0.409. The number of pyridine rings is 1. The van der Waals surface area contributed by atoms with E-state index in [0.717, 1.165) is 41.1 Å². The summed E-state index contributed by atoms with van der Waals surface area (Å²) in [6.07, 6.45) is 3.42. The summed E-state index contributed by atoms with van der Waals surface area (Å²) in [6.45, 7) is 4.06. The molecular formula is C22H26N6O3S. The van der Waals surface area contributed by atoms with Gasteiger partial charge in [0.05, 0.1) is 35.4 Å². The van der Waals surface area contributed by atoms with Crippen LogP contribution in [0.25, 0.3) is 22.3 Å². The van der Waals surface area contributed by atoms with Crippen LogP contribution in [0.3, 0.4) is 0 Å². The van der Waals surface area contributed by atoms with Crippen LogP contribution in [0.1, 0.15) is 0 Å². The number of morpholine rings is 1. The minimum absolute atomic E-state index is 0.0774. The zero-order chi connectivity index (χ0) is 22.0. The highest BCUT2D eigenvalue weighted by Crippen LogP contribution is 2.27. The third kappa shape index (κ3) is 4.67. The van der Waals surface area contributed by atoms with Gasteiger partial charge >= 0.3 is 0 Å². The maximum atomic E-state index is 11.7. The summed E-state index contributed by atoms with van der Waals surface area (Å²) in [7, 11) is -2.90. The summed E-state index contributed by atoms with van der Waals surface area (Å²) in [6, 6.07) is 10.0. The molecule has 32 heavy (non-hydrogen) atoms. The minimum Gasteiger partial charge on any atom is -0.374 e. The van der Waals surface area contributed by atoms with Crippen molar-refractivity contribution in [2.24, 2.45) is 0 Å². The Labute approximate surface area is 187 Å². The van der Waals surface area contributed by atoms with Crippen molar-refractivity contribution in [2.75, 3.05) is 61.1 Å². The number of rotatable bonds is 5. The van der Waals surface area contributed by atoms with Gasteiger partial charge in [0.25, 0.3) is 0 Å². The van der Waals surface area contributed by atoms with Crippen molar-refractivity contribution in [1.82, 2.24) is 20.3 Å². The molecule has 0 amide bonds. The van der Waals surface area contributed by atoms with Crippen LogP contribution < -0.4 is 15.5 Å². The predicted molar refractivity (Wildman–Crippen MR) is 125 cm³/mol. The topological polar surface area (TPSA) is 109 Å². The highest BCUT2D eigenvalue weighted by atomic mass is 32.2. The smallest absolute Gasteiger partial charge is 0.154 e. The largest absolute Gasteiger partial charge is 0.374 e. The number of ether oxygens (including phenoxy) is 1. The van der Waals surface area contributed by atoms with Crippen LogP contribution in [0.5, 0.6) is 0 Å². The summed E-state index contributed by atoms with van der Waals surface area (Å²) in [5.74, 6) is 1.09. The van der Waals surface area contributed by atoms with Crippen LogP contribution in [0.15, 0.2) is 42.7 Å². The van der Waals surface area contributed by atoms with Crippen molar-refractivity contribution >= 4 is 32.4 Å². The first-order chi connectivity index (χ1) is 15.6. The van der Waals surface area contributed by atoms with Crippen molar-refractivity contribution in [3.8, 4) is 11.3 Å². The molecule has 0 saturated carbocycles. The molecule has 0 radical (unpaired) electrons. The quantitative estimate of drug-likeness (QED) is 0.590. The fourth-order valence-corrected chi connectivity index (χ4v) is 5.22. The first-order valence-electron chi connectivity index (χ1n) is 10.8. The summed E-state index contributed by atoms with van der Waals surface area (Å²) >= 11 is 0. The van der Waals surface area contributed by atoms with E-state index in [9.17, 15) is 8.42 Å². The van der Waals surface area contributed by atoms with E-state index in [1.807, 2.05) is 30.3 Å². The van der Waals surface area contributed by atoms with E-state index < -0.39 is 9.84 Å². The van der Waals surface area contributed by atoms with Gasteiger partial charge in [-0.05, 0) is 18.2 Å². The van der Waals surface area contributed by atoms with Gasteiger partial charge in [0.15, 0.2) is 15.7 Å². The molecule has 168 valence electrons. The van der Waals surface area contributed by atoms with E-state index in [1.165, 1.54) is 0 Å². The molecule has 5 rings (SSSR count). The lowest BCUT2D eigenvalue weighted by Crippen LogP contribution is -2.42. The summed E-state index contributed by atoms with van der Waals surface area (Å²) in [5.41, 5.74) is 4.28. The highest BCUT2D eigenvalue weighted by molar-refractivity contribution is 7.91. The van der Waals surface area contributed by atoms with Crippen molar-refractivity contribution in [3.05, 3.63) is 42.7 Å². The van der Waals surface area contributed by atoms with E-state index >= 15 is 0 Å². The average molecular weight is 455 g/mol. The summed E-state index contributed by atoms with van der Waals surface area (Å²) in [5, 5.41) is 6.73. The Morgan fingerprint density at radius 2 is 1.91 bits per heavy atom. The van der Waals surface area contributed by atoms with Gasteiger partial charge in [-0.3, -0.25) is 4.98 Å². The second-order valence-electron chi connectivity index (χ2n) is 8.04. The van der Waals surface area contributed by atoms with Crippen LogP contribution in [0, 0.1) is 0 Å². The molecular weight excluding hydrogens is 428 g/mol. The van der Waals surface area contributed by atoms with Crippen LogP contribution in [0.4, 0.5) is 11.5 Å². The number of hydrogen-bond donors (Lipinski definition) is 2. The number of nitrogens with one attached hydrogen (secondary N) is 2. The standard InChI is InChI=1S/C22H26N6O3S/c29-32(30)11-8-28(9-12-32)17-3-1-16(2-4-17)19-13-20-21(25-6-5-24-20)22(27-19)26-15-18-14-23-7-10-31-18/h1-6,13,18,23H,7-12,14-15H2,(H,26,27). The monoisotopic (exact) mass is 454 g/mol. The molecule has 1 unspecified atom stereocenters. The summed E-state index contributed by atoms with van der Waals surface area (Å²) < 4.78 is 29.2. The van der Waals surface area contributed by atoms with Crippen molar-refractivity contribution in [1.29, 1.82) is 0 Å². The lowest BCUT2D eigenvalue weighted by Gasteiger charge is -2.28. The van der Waals surface area contributed by atoms with Gasteiger partial charge in [-0.25, -0.2) is 18.4 Å². The second-order valence-corrected chi connectivity index (χ2v) is 10.3. The number of hydrogen-bond acceptors (Lipinski definition) is 9. The molecule has 2 fully saturated rings. The molecule has 2 saturated heterocycles. The third-order valence-corrected chi connectivity index (χ3v) is 7.44. The van der Waals surface area contributed by atoms with Crippen LogP contribution >= 0.6 is 0 Å². The lowest BCUT2D eigenvalue weighted by molar-refractivity contribution is 0.0372. The van der Waals surface area contributed by atoms with Crippen LogP contribution in [-0.2, 0) is 14.6 Å². The zero-order valence-electron chi connectivity index (χ0n) is 17.7. The van der Waals surface area contributed by atoms with E-state index in [4.69, 9.17) is 9.72 Å². The van der Waals surface area contributed by atoms with Crippen molar-refractivity contribution in [2.45, 2.75) is 6.10 Å². The van der Waals surface area contributed by atoms with Gasteiger partial charge in [-0.15, -0.1) is 0 Å². The number of fused-ring (bicyclic) bond motifs is 1. The number of sulfone groups is 1. The Hall–Kier alpha value is -2.82. The Morgan fingerprint density at radius 1 is 1.12 bits per heavy atom. The van der Waals surface area contributed by atoms with Gasteiger partial charge in [0.1, 0.15) is 5.52 Å². The maximum absolute atomic E-state index is 11.7. The van der Waals surface area contributed by atoms with Crippen molar-refractivity contribution in [3.63, 3.8) is 0 Å². The van der Waals surface area contributed by atoms with E-state index in [1.54, 1.807) is 12.4 Å². The molecule has 2 aliphatic rings. The van der Waals surface area contributed by atoms with E-state index in [-0.39, 0.29) is 17.6 Å². The first-order valence-corrected chi connectivity index (χ1v) is 12.6. The maximum Gasteiger partial charge on any atom is 0.154 e. The fourth-order valence-electron chi connectivity index (χ4n) is 4.02. The van der Waals surface area contributed by atoms with Gasteiger partial charge in [0, 0.05) is 56.4 Å². The molecule has 2 N–H and O–H groups in total. The molecule has 2 aromatic heterocycles. The second kappa shape index (κ2) is 8.97. The Bertz CT molecular complexity index is 1180. The Morgan fingerprint density at radius 3 is 2.66 bits per heavy atom. The Balaban J connectivity index is 1.38. The van der Waals surface area contributed by atoms with Gasteiger partial charge in [-0.1, -0.05) is 12.1 Å². The number of aromatic nitrogens is 3. The zero-order valence-corrected chi connectivity index (χ0v) is 18.5. The van der Waals surface area contributed by atoms with E-state index in [0.29, 0.717) is 32.1 Å². The lowest BCUT2D eigenvalue weighted by atomic mass is 10.1. The first kappa shape index (κ1) is 21.0. The molecule has 9 nitrogen and oxygen atoms in total.